The van der Waals surface area contributed by atoms with E-state index < -0.39 is 0 Å². The van der Waals surface area contributed by atoms with E-state index in [9.17, 15) is 0 Å². The molecule has 0 atom stereocenters. The standard InChI is InChI=1S/C25H31N/c1-16(2)21-14-17-6-8-18(21)10-11-19-12-13-20(9-7-17)24-22(19)15-23(26-24)25(3,4)5/h6,8,12-16,26H,7,9-11H2,1-5H3. The number of hydrogen-bond acceptors (Lipinski definition) is 0. The maximum Gasteiger partial charge on any atom is 0.0491 e. The van der Waals surface area contributed by atoms with E-state index in [4.69, 9.17) is 0 Å². The summed E-state index contributed by atoms with van der Waals surface area (Å²) in [6, 6.07) is 14.3. The molecule has 0 saturated carbocycles. The van der Waals surface area contributed by atoms with Gasteiger partial charge in [0.1, 0.15) is 0 Å². The van der Waals surface area contributed by atoms with Crippen LogP contribution in [0.5, 0.6) is 0 Å². The summed E-state index contributed by atoms with van der Waals surface area (Å²) in [6.45, 7) is 11.5. The third kappa shape index (κ3) is 3.09. The molecule has 1 aromatic heterocycles. The second kappa shape index (κ2) is 6.30. The van der Waals surface area contributed by atoms with Gasteiger partial charge in [-0.25, -0.2) is 0 Å². The Morgan fingerprint density at radius 3 is 2.19 bits per heavy atom. The molecule has 26 heavy (non-hydrogen) atoms. The number of hydrogen-bond donors (Lipinski definition) is 1. The summed E-state index contributed by atoms with van der Waals surface area (Å²) < 4.78 is 0. The smallest absolute Gasteiger partial charge is 0.0491 e. The number of aryl methyl sites for hydroxylation is 4. The molecule has 7 rings (SSSR count). The van der Waals surface area contributed by atoms with Crippen molar-refractivity contribution in [2.24, 2.45) is 0 Å². The maximum absolute atomic E-state index is 3.77. The number of aromatic nitrogens is 1. The first kappa shape index (κ1) is 17.4. The van der Waals surface area contributed by atoms with Gasteiger partial charge in [0.25, 0.3) is 0 Å². The first-order chi connectivity index (χ1) is 12.3. The minimum atomic E-state index is 0.151. The van der Waals surface area contributed by atoms with Crippen molar-refractivity contribution in [3.63, 3.8) is 0 Å². The van der Waals surface area contributed by atoms with E-state index in [1.807, 2.05) is 0 Å². The Bertz CT molecular complexity index is 950. The molecule has 4 bridgehead atoms. The topological polar surface area (TPSA) is 15.8 Å². The molecule has 1 heteroatoms. The van der Waals surface area contributed by atoms with Crippen LogP contribution in [0.25, 0.3) is 10.9 Å². The molecule has 3 aromatic rings. The van der Waals surface area contributed by atoms with Crippen molar-refractivity contribution in [1.29, 1.82) is 0 Å². The molecule has 0 amide bonds. The van der Waals surface area contributed by atoms with Crippen molar-refractivity contribution < 1.29 is 0 Å². The highest BCUT2D eigenvalue weighted by Gasteiger charge is 2.20. The van der Waals surface area contributed by atoms with Gasteiger partial charge in [0, 0.05) is 22.0 Å². The van der Waals surface area contributed by atoms with Crippen LogP contribution >= 0.6 is 0 Å². The number of rotatable bonds is 1. The third-order valence-electron chi connectivity index (χ3n) is 5.96. The van der Waals surface area contributed by atoms with Crippen LogP contribution in [0, 0.1) is 0 Å². The Hall–Kier alpha value is -2.02. The minimum Gasteiger partial charge on any atom is -0.358 e. The van der Waals surface area contributed by atoms with Crippen LogP contribution in [-0.2, 0) is 31.1 Å². The Labute approximate surface area is 157 Å². The molecular weight excluding hydrogens is 314 g/mol. The second-order valence-corrected chi connectivity index (χ2v) is 9.29. The molecule has 0 saturated heterocycles. The van der Waals surface area contributed by atoms with Gasteiger partial charge in [-0.1, -0.05) is 65.0 Å². The van der Waals surface area contributed by atoms with E-state index in [2.05, 4.69) is 76.0 Å². The van der Waals surface area contributed by atoms with Gasteiger partial charge >= 0.3 is 0 Å². The third-order valence-corrected chi connectivity index (χ3v) is 5.96. The predicted molar refractivity (Wildman–Crippen MR) is 112 cm³/mol. The molecular formula is C25H31N. The Morgan fingerprint density at radius 2 is 1.46 bits per heavy atom. The van der Waals surface area contributed by atoms with E-state index in [0.29, 0.717) is 5.92 Å². The molecule has 4 aliphatic carbocycles. The van der Waals surface area contributed by atoms with Crippen LogP contribution in [0.2, 0.25) is 0 Å². The summed E-state index contributed by atoms with van der Waals surface area (Å²) >= 11 is 0. The van der Waals surface area contributed by atoms with Gasteiger partial charge in [0.15, 0.2) is 0 Å². The molecule has 136 valence electrons. The van der Waals surface area contributed by atoms with Crippen LogP contribution in [-0.4, -0.2) is 4.98 Å². The summed E-state index contributed by atoms with van der Waals surface area (Å²) in [6.07, 6.45) is 4.44. The van der Waals surface area contributed by atoms with Crippen LogP contribution in [0.4, 0.5) is 0 Å². The van der Waals surface area contributed by atoms with Crippen molar-refractivity contribution in [2.45, 2.75) is 71.6 Å². The molecule has 4 aliphatic rings. The maximum atomic E-state index is 3.77. The van der Waals surface area contributed by atoms with E-state index in [1.54, 1.807) is 0 Å². The average molecular weight is 346 g/mol. The van der Waals surface area contributed by atoms with Crippen LogP contribution in [0.1, 0.15) is 74.0 Å². The fourth-order valence-corrected chi connectivity index (χ4v) is 4.28. The van der Waals surface area contributed by atoms with Crippen LogP contribution in [0.15, 0.2) is 36.4 Å². The van der Waals surface area contributed by atoms with Gasteiger partial charge in [0.2, 0.25) is 0 Å². The molecule has 2 aromatic carbocycles. The number of nitrogens with one attached hydrogen (secondary N) is 1. The van der Waals surface area contributed by atoms with Gasteiger partial charge in [0.05, 0.1) is 0 Å². The largest absolute Gasteiger partial charge is 0.358 e. The highest BCUT2D eigenvalue weighted by atomic mass is 14.7. The predicted octanol–water partition coefficient (Wildman–Crippen LogP) is 6.47. The number of aromatic amines is 1. The molecule has 0 spiro atoms. The lowest BCUT2D eigenvalue weighted by Crippen LogP contribution is -2.11. The minimum absolute atomic E-state index is 0.151. The molecule has 0 fully saturated rings. The summed E-state index contributed by atoms with van der Waals surface area (Å²) in [5.41, 5.74) is 10.3. The zero-order chi connectivity index (χ0) is 18.5. The number of benzene rings is 2. The molecule has 0 radical (unpaired) electrons. The fraction of sp³-hybridized carbons (Fsp3) is 0.440. The molecule has 0 unspecified atom stereocenters. The summed E-state index contributed by atoms with van der Waals surface area (Å²) in [5, 5.41) is 1.44. The van der Waals surface area contributed by atoms with Gasteiger partial charge in [-0.05, 0) is 65.5 Å². The number of H-pyrrole nitrogens is 1. The lowest BCUT2D eigenvalue weighted by atomic mass is 9.88. The zero-order valence-electron chi connectivity index (χ0n) is 16.9. The van der Waals surface area contributed by atoms with Crippen molar-refractivity contribution in [3.05, 3.63) is 69.9 Å². The van der Waals surface area contributed by atoms with E-state index in [0.717, 1.165) is 25.7 Å². The summed E-state index contributed by atoms with van der Waals surface area (Å²) in [7, 11) is 0. The van der Waals surface area contributed by atoms with Gasteiger partial charge in [-0.15, -0.1) is 0 Å². The Morgan fingerprint density at radius 1 is 0.808 bits per heavy atom. The van der Waals surface area contributed by atoms with Crippen molar-refractivity contribution in [2.75, 3.05) is 0 Å². The molecule has 1 heterocycles. The van der Waals surface area contributed by atoms with Crippen LogP contribution in [0.3, 0.4) is 0 Å². The molecule has 0 aliphatic heterocycles. The van der Waals surface area contributed by atoms with Gasteiger partial charge in [-0.2, -0.15) is 0 Å². The highest BCUT2D eigenvalue weighted by Crippen LogP contribution is 2.32. The SMILES string of the molecule is CC(C)c1cc2ccc1CCc1ccc(c3[nH]c(C(C)(C)C)cc13)CC2. The van der Waals surface area contributed by atoms with Crippen LogP contribution < -0.4 is 0 Å². The lowest BCUT2D eigenvalue weighted by molar-refractivity contribution is 0.574. The van der Waals surface area contributed by atoms with Crippen molar-refractivity contribution >= 4 is 10.9 Å². The Kier molecular flexibility index (Phi) is 4.22. The molecule has 1 nitrogen and oxygen atoms in total. The first-order valence-electron chi connectivity index (χ1n) is 10.1. The Balaban J connectivity index is 1.85. The zero-order valence-corrected chi connectivity index (χ0v) is 16.9. The van der Waals surface area contributed by atoms with Gasteiger partial charge < -0.3 is 4.98 Å². The first-order valence-corrected chi connectivity index (χ1v) is 10.1. The summed E-state index contributed by atoms with van der Waals surface area (Å²) in [4.78, 5) is 3.77. The van der Waals surface area contributed by atoms with Gasteiger partial charge in [-0.3, -0.25) is 0 Å². The average Bonchev–Trinajstić information content (AvgIpc) is 3.02. The van der Waals surface area contributed by atoms with E-state index >= 15 is 0 Å². The normalized spacial score (nSPS) is 14.8. The quantitative estimate of drug-likeness (QED) is 0.520. The second-order valence-electron chi connectivity index (χ2n) is 9.29. The summed E-state index contributed by atoms with van der Waals surface area (Å²) in [5.74, 6) is 0.591. The van der Waals surface area contributed by atoms with Crippen molar-refractivity contribution in [3.8, 4) is 0 Å². The fourth-order valence-electron chi connectivity index (χ4n) is 4.28. The molecule has 1 N–H and O–H groups in total. The van der Waals surface area contributed by atoms with E-state index in [1.165, 1.54) is 44.4 Å². The van der Waals surface area contributed by atoms with E-state index in [-0.39, 0.29) is 5.41 Å². The van der Waals surface area contributed by atoms with Crippen molar-refractivity contribution in [1.82, 2.24) is 4.98 Å². The monoisotopic (exact) mass is 345 g/mol. The highest BCUT2D eigenvalue weighted by molar-refractivity contribution is 5.87. The lowest BCUT2D eigenvalue weighted by Gasteiger charge is -2.17.